The van der Waals surface area contributed by atoms with E-state index >= 15 is 0 Å². The first-order chi connectivity index (χ1) is 16.9. The third-order valence-electron chi connectivity index (χ3n) is 5.72. The Morgan fingerprint density at radius 1 is 0.971 bits per heavy atom. The first kappa shape index (κ1) is 24.6. The molecule has 0 bridgehead atoms. The molecule has 0 saturated heterocycles. The van der Waals surface area contributed by atoms with E-state index in [1.54, 1.807) is 37.4 Å². The number of para-hydroxylation sites is 1. The zero-order valence-electron chi connectivity index (χ0n) is 19.7. The number of carbonyl (C=O) groups excluding carboxylic acids is 1. The SMILES string of the molecule is COCCOc1cc(NC(=O)c2cccc(S(=O)(=O)N3CCCc4ccccc43)c2)ccc1OC. The number of anilines is 2. The topological polar surface area (TPSA) is 94.2 Å². The number of methoxy groups -OCH3 is 2. The summed E-state index contributed by atoms with van der Waals surface area (Å²) in [6, 6.07) is 18.6. The van der Waals surface area contributed by atoms with Gasteiger partial charge in [-0.1, -0.05) is 24.3 Å². The summed E-state index contributed by atoms with van der Waals surface area (Å²) in [5.41, 5.74) is 2.41. The summed E-state index contributed by atoms with van der Waals surface area (Å²) >= 11 is 0. The highest BCUT2D eigenvalue weighted by molar-refractivity contribution is 7.92. The van der Waals surface area contributed by atoms with Crippen molar-refractivity contribution < 1.29 is 27.4 Å². The number of nitrogens with one attached hydrogen (secondary N) is 1. The van der Waals surface area contributed by atoms with Crippen LogP contribution in [0.2, 0.25) is 0 Å². The van der Waals surface area contributed by atoms with E-state index in [2.05, 4.69) is 5.32 Å². The Morgan fingerprint density at radius 3 is 2.60 bits per heavy atom. The molecule has 35 heavy (non-hydrogen) atoms. The molecule has 1 amide bonds. The molecule has 1 aliphatic heterocycles. The molecule has 0 aliphatic carbocycles. The van der Waals surface area contributed by atoms with Gasteiger partial charge < -0.3 is 19.5 Å². The first-order valence-corrected chi connectivity index (χ1v) is 12.7. The van der Waals surface area contributed by atoms with Crippen molar-refractivity contribution in [3.05, 3.63) is 77.9 Å². The Balaban J connectivity index is 1.56. The maximum absolute atomic E-state index is 13.5. The molecular formula is C26H28N2O6S. The Labute approximate surface area is 205 Å². The summed E-state index contributed by atoms with van der Waals surface area (Å²) in [6.45, 7) is 1.12. The van der Waals surface area contributed by atoms with Crippen LogP contribution in [0.5, 0.6) is 11.5 Å². The minimum atomic E-state index is -3.83. The number of nitrogens with zero attached hydrogens (tertiary/aromatic N) is 1. The van der Waals surface area contributed by atoms with Crippen LogP contribution in [0.25, 0.3) is 0 Å². The molecule has 1 aliphatic rings. The number of ether oxygens (including phenoxy) is 3. The molecule has 4 rings (SSSR count). The van der Waals surface area contributed by atoms with Gasteiger partial charge >= 0.3 is 0 Å². The number of hydrogen-bond donors (Lipinski definition) is 1. The second-order valence-electron chi connectivity index (χ2n) is 8.00. The van der Waals surface area contributed by atoms with Gasteiger partial charge in [0, 0.05) is 31.0 Å². The van der Waals surface area contributed by atoms with E-state index in [0.717, 1.165) is 18.4 Å². The Hall–Kier alpha value is -3.56. The first-order valence-electron chi connectivity index (χ1n) is 11.3. The number of hydrogen-bond acceptors (Lipinski definition) is 6. The molecule has 9 heteroatoms. The summed E-state index contributed by atoms with van der Waals surface area (Å²) < 4.78 is 44.4. The maximum Gasteiger partial charge on any atom is 0.264 e. The smallest absolute Gasteiger partial charge is 0.264 e. The van der Waals surface area contributed by atoms with Gasteiger partial charge in [0.1, 0.15) is 6.61 Å². The molecule has 0 unspecified atom stereocenters. The molecule has 3 aromatic carbocycles. The molecular weight excluding hydrogens is 468 g/mol. The number of aryl methyl sites for hydroxylation is 1. The van der Waals surface area contributed by atoms with E-state index in [0.29, 0.717) is 42.6 Å². The quantitative estimate of drug-likeness (QED) is 0.448. The number of benzene rings is 3. The van der Waals surface area contributed by atoms with Crippen LogP contribution in [-0.4, -0.2) is 48.3 Å². The minimum absolute atomic E-state index is 0.0696. The second kappa shape index (κ2) is 10.8. The van der Waals surface area contributed by atoms with Crippen LogP contribution in [0.3, 0.4) is 0 Å². The van der Waals surface area contributed by atoms with Crippen molar-refractivity contribution >= 4 is 27.3 Å². The number of amides is 1. The fourth-order valence-corrected chi connectivity index (χ4v) is 5.57. The lowest BCUT2D eigenvalue weighted by atomic mass is 10.0. The van der Waals surface area contributed by atoms with Gasteiger partial charge in [-0.15, -0.1) is 0 Å². The summed E-state index contributed by atoms with van der Waals surface area (Å²) in [4.78, 5) is 13.1. The Bertz CT molecular complexity index is 1310. The normalized spacial score (nSPS) is 13.1. The molecule has 0 fully saturated rings. The second-order valence-corrected chi connectivity index (χ2v) is 9.86. The fourth-order valence-electron chi connectivity index (χ4n) is 3.98. The van der Waals surface area contributed by atoms with Crippen LogP contribution in [0.4, 0.5) is 11.4 Å². The van der Waals surface area contributed by atoms with Gasteiger partial charge in [-0.3, -0.25) is 9.10 Å². The Kier molecular flexibility index (Phi) is 7.57. The molecule has 8 nitrogen and oxygen atoms in total. The molecule has 3 aromatic rings. The number of rotatable bonds is 9. The average Bonchev–Trinajstić information content (AvgIpc) is 2.88. The number of fused-ring (bicyclic) bond motifs is 1. The summed E-state index contributed by atoms with van der Waals surface area (Å²) in [7, 11) is -0.718. The van der Waals surface area contributed by atoms with E-state index in [1.807, 2.05) is 24.3 Å². The summed E-state index contributed by atoms with van der Waals surface area (Å²) in [5.74, 6) is 0.547. The van der Waals surface area contributed by atoms with Gasteiger partial charge in [-0.2, -0.15) is 0 Å². The Morgan fingerprint density at radius 2 is 1.80 bits per heavy atom. The zero-order valence-corrected chi connectivity index (χ0v) is 20.5. The van der Waals surface area contributed by atoms with Crippen LogP contribution in [-0.2, 0) is 21.2 Å². The van der Waals surface area contributed by atoms with E-state index in [4.69, 9.17) is 14.2 Å². The van der Waals surface area contributed by atoms with Crippen molar-refractivity contribution in [2.45, 2.75) is 17.7 Å². The lowest BCUT2D eigenvalue weighted by Crippen LogP contribution is -2.35. The van der Waals surface area contributed by atoms with Crippen molar-refractivity contribution in [3.63, 3.8) is 0 Å². The van der Waals surface area contributed by atoms with Crippen LogP contribution in [0.1, 0.15) is 22.3 Å². The minimum Gasteiger partial charge on any atom is -0.493 e. The maximum atomic E-state index is 13.5. The molecule has 0 atom stereocenters. The van der Waals surface area contributed by atoms with Crippen molar-refractivity contribution in [2.24, 2.45) is 0 Å². The van der Waals surface area contributed by atoms with Crippen LogP contribution < -0.4 is 19.1 Å². The number of carbonyl (C=O) groups is 1. The van der Waals surface area contributed by atoms with E-state index in [-0.39, 0.29) is 10.5 Å². The summed E-state index contributed by atoms with van der Waals surface area (Å²) in [6.07, 6.45) is 1.58. The van der Waals surface area contributed by atoms with Gasteiger partial charge in [-0.05, 0) is 54.8 Å². The lowest BCUT2D eigenvalue weighted by molar-refractivity contribution is 0.102. The molecule has 0 spiro atoms. The van der Waals surface area contributed by atoms with Gasteiger partial charge in [0.15, 0.2) is 11.5 Å². The van der Waals surface area contributed by atoms with Crippen molar-refractivity contribution in [1.29, 1.82) is 0 Å². The molecule has 0 radical (unpaired) electrons. The van der Waals surface area contributed by atoms with Crippen LogP contribution >= 0.6 is 0 Å². The van der Waals surface area contributed by atoms with Crippen molar-refractivity contribution in [1.82, 2.24) is 0 Å². The van der Waals surface area contributed by atoms with Gasteiger partial charge in [-0.25, -0.2) is 8.42 Å². The van der Waals surface area contributed by atoms with Crippen LogP contribution in [0, 0.1) is 0 Å². The molecule has 1 heterocycles. The third-order valence-corrected chi connectivity index (χ3v) is 7.53. The molecule has 1 N–H and O–H groups in total. The van der Waals surface area contributed by atoms with E-state index < -0.39 is 15.9 Å². The largest absolute Gasteiger partial charge is 0.493 e. The van der Waals surface area contributed by atoms with Crippen LogP contribution in [0.15, 0.2) is 71.6 Å². The highest BCUT2D eigenvalue weighted by Crippen LogP contribution is 2.33. The highest BCUT2D eigenvalue weighted by atomic mass is 32.2. The monoisotopic (exact) mass is 496 g/mol. The van der Waals surface area contributed by atoms with E-state index in [1.165, 1.54) is 23.5 Å². The zero-order chi connectivity index (χ0) is 24.8. The third kappa shape index (κ3) is 5.41. The summed E-state index contributed by atoms with van der Waals surface area (Å²) in [5, 5.41) is 2.80. The van der Waals surface area contributed by atoms with Gasteiger partial charge in [0.2, 0.25) is 0 Å². The highest BCUT2D eigenvalue weighted by Gasteiger charge is 2.29. The molecule has 184 valence electrons. The van der Waals surface area contributed by atoms with Gasteiger partial charge in [0.05, 0.1) is 24.3 Å². The lowest BCUT2D eigenvalue weighted by Gasteiger charge is -2.30. The van der Waals surface area contributed by atoms with Crippen molar-refractivity contribution in [2.75, 3.05) is 43.6 Å². The molecule has 0 saturated carbocycles. The fraction of sp³-hybridized carbons (Fsp3) is 0.269. The predicted molar refractivity (Wildman–Crippen MR) is 134 cm³/mol. The average molecular weight is 497 g/mol. The number of sulfonamides is 1. The molecule has 0 aromatic heterocycles. The van der Waals surface area contributed by atoms with E-state index in [9.17, 15) is 13.2 Å². The predicted octanol–water partition coefficient (Wildman–Crippen LogP) is 4.11. The van der Waals surface area contributed by atoms with Gasteiger partial charge in [0.25, 0.3) is 15.9 Å². The van der Waals surface area contributed by atoms with Crippen molar-refractivity contribution in [3.8, 4) is 11.5 Å². The standard InChI is InChI=1S/C26H28N2O6S/c1-32-15-16-34-25-18-21(12-13-24(25)33-2)27-26(29)20-8-5-10-22(17-20)35(30,31)28-14-6-9-19-7-3-4-11-23(19)28/h3-5,7-8,10-13,17-18H,6,9,14-16H2,1-2H3,(H,27,29).